The predicted molar refractivity (Wildman–Crippen MR) is 114 cm³/mol. The van der Waals surface area contributed by atoms with E-state index in [9.17, 15) is 18.8 Å². The second-order valence-corrected chi connectivity index (χ2v) is 6.51. The molecule has 0 aromatic heterocycles. The van der Waals surface area contributed by atoms with E-state index in [1.165, 1.54) is 24.3 Å². The van der Waals surface area contributed by atoms with Gasteiger partial charge in [-0.1, -0.05) is 18.2 Å². The number of halogens is 1. The molecular formula is C22H25FN4O4. The number of carbonyl (C=O) groups is 3. The van der Waals surface area contributed by atoms with Gasteiger partial charge in [-0.15, -0.1) is 0 Å². The third-order valence-corrected chi connectivity index (χ3v) is 4.19. The first-order valence-corrected chi connectivity index (χ1v) is 9.80. The summed E-state index contributed by atoms with van der Waals surface area (Å²) in [7, 11) is 0. The zero-order valence-corrected chi connectivity index (χ0v) is 17.1. The fraction of sp³-hybridized carbons (Fsp3) is 0.273. The van der Waals surface area contributed by atoms with Crippen LogP contribution in [0.4, 0.5) is 4.39 Å². The molecule has 0 saturated heterocycles. The number of aliphatic imine (C=N–C) groups is 1. The molecule has 0 aliphatic carbocycles. The van der Waals surface area contributed by atoms with Crippen LogP contribution in [0, 0.1) is 5.82 Å². The van der Waals surface area contributed by atoms with Gasteiger partial charge in [-0.25, -0.2) is 9.18 Å². The van der Waals surface area contributed by atoms with Gasteiger partial charge in [-0.2, -0.15) is 0 Å². The number of amides is 2. The largest absolute Gasteiger partial charge is 0.464 e. The third-order valence-electron chi connectivity index (χ3n) is 4.19. The Kier molecular flexibility index (Phi) is 9.15. The molecule has 2 aromatic carbocycles. The van der Waals surface area contributed by atoms with Gasteiger partial charge in [0, 0.05) is 17.7 Å². The van der Waals surface area contributed by atoms with Gasteiger partial charge in [0.25, 0.3) is 11.8 Å². The highest BCUT2D eigenvalue weighted by Crippen LogP contribution is 2.05. The molecule has 0 radical (unpaired) electrons. The summed E-state index contributed by atoms with van der Waals surface area (Å²) in [4.78, 5) is 40.6. The Morgan fingerprint density at radius 1 is 1.03 bits per heavy atom. The molecule has 4 N–H and O–H groups in total. The first-order chi connectivity index (χ1) is 14.9. The average molecular weight is 428 g/mol. The molecule has 0 saturated carbocycles. The van der Waals surface area contributed by atoms with Gasteiger partial charge in [0.1, 0.15) is 11.9 Å². The highest BCUT2D eigenvalue weighted by molar-refractivity contribution is 6.05. The highest BCUT2D eigenvalue weighted by Gasteiger charge is 2.22. The number of hydrogen-bond acceptors (Lipinski definition) is 5. The topological polar surface area (TPSA) is 123 Å². The second-order valence-electron chi connectivity index (χ2n) is 6.51. The molecule has 31 heavy (non-hydrogen) atoms. The van der Waals surface area contributed by atoms with Crippen LogP contribution < -0.4 is 16.4 Å². The fourth-order valence-electron chi connectivity index (χ4n) is 2.65. The van der Waals surface area contributed by atoms with Gasteiger partial charge in [0.15, 0.2) is 5.96 Å². The van der Waals surface area contributed by atoms with E-state index in [2.05, 4.69) is 15.6 Å². The Bertz CT molecular complexity index is 917. The summed E-state index contributed by atoms with van der Waals surface area (Å²) in [5.41, 5.74) is 6.38. The minimum atomic E-state index is -0.835. The number of nitrogens with two attached hydrogens (primary N) is 1. The maximum absolute atomic E-state index is 12.9. The van der Waals surface area contributed by atoms with E-state index in [4.69, 9.17) is 10.5 Å². The summed E-state index contributed by atoms with van der Waals surface area (Å²) in [6, 6.07) is 12.7. The van der Waals surface area contributed by atoms with Crippen LogP contribution in [0.15, 0.2) is 59.6 Å². The van der Waals surface area contributed by atoms with Crippen molar-refractivity contribution >= 4 is 23.7 Å². The van der Waals surface area contributed by atoms with Crippen LogP contribution in [-0.4, -0.2) is 42.9 Å². The molecule has 0 fully saturated rings. The van der Waals surface area contributed by atoms with Crippen LogP contribution in [-0.2, 0) is 9.53 Å². The van der Waals surface area contributed by atoms with Crippen LogP contribution in [0.2, 0.25) is 0 Å². The average Bonchev–Trinajstić information content (AvgIpc) is 2.76. The fourth-order valence-corrected chi connectivity index (χ4v) is 2.65. The Hall–Kier alpha value is -3.75. The zero-order chi connectivity index (χ0) is 22.6. The highest BCUT2D eigenvalue weighted by atomic mass is 19.1. The Morgan fingerprint density at radius 2 is 1.68 bits per heavy atom. The predicted octanol–water partition coefficient (Wildman–Crippen LogP) is 2.01. The number of ether oxygens (including phenoxy) is 1. The molecule has 2 aromatic rings. The number of esters is 1. The summed E-state index contributed by atoms with van der Waals surface area (Å²) in [6.45, 7) is 2.09. The van der Waals surface area contributed by atoms with E-state index in [1.807, 2.05) is 0 Å². The molecule has 164 valence electrons. The number of carbonyl (C=O) groups excluding carboxylic acids is 3. The number of benzene rings is 2. The van der Waals surface area contributed by atoms with E-state index in [0.29, 0.717) is 12.0 Å². The molecule has 0 bridgehead atoms. The third kappa shape index (κ3) is 7.88. The molecule has 0 spiro atoms. The standard InChI is InChI=1S/C22H25FN4O4/c1-2-31-21(30)18(26-19(28)15-7-4-3-5-8-15)9-6-14-25-22(24)27-20(29)16-10-12-17(23)13-11-16/h3-5,7-8,10-13,18H,2,6,9,14H2,1H3,(H,26,28)(H3,24,25,27,29)/t18-/m0/s1. The van der Waals surface area contributed by atoms with Crippen molar-refractivity contribution in [2.75, 3.05) is 13.2 Å². The van der Waals surface area contributed by atoms with Gasteiger partial charge >= 0.3 is 5.97 Å². The molecule has 8 nitrogen and oxygen atoms in total. The van der Waals surface area contributed by atoms with Gasteiger partial charge in [0.05, 0.1) is 6.61 Å². The van der Waals surface area contributed by atoms with E-state index < -0.39 is 23.7 Å². The SMILES string of the molecule is CCOC(=O)[C@H](CCCN=C(N)NC(=O)c1ccc(F)cc1)NC(=O)c1ccccc1. The molecule has 2 rings (SSSR count). The van der Waals surface area contributed by atoms with Crippen LogP contribution >= 0.6 is 0 Å². The van der Waals surface area contributed by atoms with E-state index in [1.54, 1.807) is 37.3 Å². The van der Waals surface area contributed by atoms with Crippen molar-refractivity contribution in [3.05, 3.63) is 71.5 Å². The summed E-state index contributed by atoms with van der Waals surface area (Å²) in [5.74, 6) is -1.98. The Labute approximate surface area is 179 Å². The number of guanidine groups is 1. The number of nitrogens with zero attached hydrogens (tertiary/aromatic N) is 1. The van der Waals surface area contributed by atoms with Gasteiger partial charge < -0.3 is 15.8 Å². The lowest BCUT2D eigenvalue weighted by atomic mass is 10.1. The Morgan fingerprint density at radius 3 is 2.32 bits per heavy atom. The molecule has 0 aliphatic rings. The quantitative estimate of drug-likeness (QED) is 0.244. The minimum absolute atomic E-state index is 0.102. The van der Waals surface area contributed by atoms with Crippen molar-refractivity contribution in [1.82, 2.24) is 10.6 Å². The van der Waals surface area contributed by atoms with Crippen LogP contribution in [0.1, 0.15) is 40.5 Å². The first-order valence-electron chi connectivity index (χ1n) is 9.80. The smallest absolute Gasteiger partial charge is 0.328 e. The summed E-state index contributed by atoms with van der Waals surface area (Å²) in [5, 5.41) is 5.08. The first kappa shape index (κ1) is 23.5. The monoisotopic (exact) mass is 428 g/mol. The van der Waals surface area contributed by atoms with Crippen molar-refractivity contribution in [2.45, 2.75) is 25.8 Å². The van der Waals surface area contributed by atoms with Crippen molar-refractivity contribution in [1.29, 1.82) is 0 Å². The molecular weight excluding hydrogens is 403 g/mol. The molecule has 2 amide bonds. The lowest BCUT2D eigenvalue weighted by molar-refractivity contribution is -0.145. The minimum Gasteiger partial charge on any atom is -0.464 e. The van der Waals surface area contributed by atoms with Crippen LogP contribution in [0.25, 0.3) is 0 Å². The van der Waals surface area contributed by atoms with Crippen molar-refractivity contribution in [3.8, 4) is 0 Å². The second kappa shape index (κ2) is 12.1. The molecule has 0 heterocycles. The summed E-state index contributed by atoms with van der Waals surface area (Å²) >= 11 is 0. The van der Waals surface area contributed by atoms with E-state index in [-0.39, 0.29) is 37.0 Å². The number of nitrogens with one attached hydrogen (secondary N) is 2. The Balaban J connectivity index is 1.87. The maximum atomic E-state index is 12.9. The molecule has 0 unspecified atom stereocenters. The van der Waals surface area contributed by atoms with Gasteiger partial charge in [-0.3, -0.25) is 19.9 Å². The van der Waals surface area contributed by atoms with E-state index in [0.717, 1.165) is 0 Å². The lowest BCUT2D eigenvalue weighted by Gasteiger charge is -2.17. The molecule has 9 heteroatoms. The molecule has 1 atom stereocenters. The number of rotatable bonds is 9. The van der Waals surface area contributed by atoms with Crippen molar-refractivity contribution in [2.24, 2.45) is 10.7 Å². The lowest BCUT2D eigenvalue weighted by Crippen LogP contribution is -2.42. The summed E-state index contributed by atoms with van der Waals surface area (Å²) in [6.07, 6.45) is 0.686. The number of hydrogen-bond donors (Lipinski definition) is 3. The summed E-state index contributed by atoms with van der Waals surface area (Å²) < 4.78 is 18.0. The maximum Gasteiger partial charge on any atom is 0.328 e. The van der Waals surface area contributed by atoms with Gasteiger partial charge in [0.2, 0.25) is 0 Å². The molecule has 0 aliphatic heterocycles. The normalized spacial score (nSPS) is 12.0. The van der Waals surface area contributed by atoms with Crippen LogP contribution in [0.3, 0.4) is 0 Å². The van der Waals surface area contributed by atoms with Crippen LogP contribution in [0.5, 0.6) is 0 Å². The zero-order valence-electron chi connectivity index (χ0n) is 17.1. The van der Waals surface area contributed by atoms with Crippen molar-refractivity contribution in [3.63, 3.8) is 0 Å². The van der Waals surface area contributed by atoms with Crippen molar-refractivity contribution < 1.29 is 23.5 Å². The van der Waals surface area contributed by atoms with Gasteiger partial charge in [-0.05, 0) is 56.2 Å². The van der Waals surface area contributed by atoms with E-state index >= 15 is 0 Å².